The van der Waals surface area contributed by atoms with Gasteiger partial charge in [-0.05, 0) is 43.3 Å². The molecule has 1 heterocycles. The SMILES string of the molecule is CC(c1cc2ccccc2o1)N(C)C(=O)COc1ccc(Br)cc1. The standard InChI is InChI=1S/C19H18BrNO3/c1-13(18-11-14-5-3-4-6-17(14)24-18)21(2)19(22)12-23-16-9-7-15(20)8-10-16/h3-11,13H,12H2,1-2H3. The lowest BCUT2D eigenvalue weighted by Crippen LogP contribution is -2.33. The third-order valence-corrected chi connectivity index (χ3v) is 4.54. The molecule has 4 nitrogen and oxygen atoms in total. The number of fused-ring (bicyclic) bond motifs is 1. The maximum atomic E-state index is 12.4. The van der Waals surface area contributed by atoms with Crippen molar-refractivity contribution in [2.45, 2.75) is 13.0 Å². The average molecular weight is 388 g/mol. The second-order valence-corrected chi connectivity index (χ2v) is 6.53. The Morgan fingerprint density at radius 1 is 1.21 bits per heavy atom. The lowest BCUT2D eigenvalue weighted by Gasteiger charge is -2.23. The van der Waals surface area contributed by atoms with Gasteiger partial charge in [-0.25, -0.2) is 0 Å². The second-order valence-electron chi connectivity index (χ2n) is 5.61. The van der Waals surface area contributed by atoms with Gasteiger partial charge in [-0.1, -0.05) is 34.1 Å². The molecule has 0 aliphatic heterocycles. The number of hydrogen-bond donors (Lipinski definition) is 0. The summed E-state index contributed by atoms with van der Waals surface area (Å²) < 4.78 is 12.4. The van der Waals surface area contributed by atoms with E-state index < -0.39 is 0 Å². The number of ether oxygens (including phenoxy) is 1. The van der Waals surface area contributed by atoms with Crippen molar-refractivity contribution in [3.05, 3.63) is 64.8 Å². The Balaban J connectivity index is 1.64. The lowest BCUT2D eigenvalue weighted by molar-refractivity contribution is -0.134. The topological polar surface area (TPSA) is 42.7 Å². The zero-order valence-corrected chi connectivity index (χ0v) is 15.1. The highest BCUT2D eigenvalue weighted by Crippen LogP contribution is 2.26. The molecule has 0 aliphatic rings. The predicted octanol–water partition coefficient (Wildman–Crippen LogP) is 4.79. The Kier molecular flexibility index (Phi) is 4.90. The van der Waals surface area contributed by atoms with Crippen LogP contribution in [-0.4, -0.2) is 24.5 Å². The van der Waals surface area contributed by atoms with Crippen LogP contribution in [0.1, 0.15) is 18.7 Å². The summed E-state index contributed by atoms with van der Waals surface area (Å²) in [6.07, 6.45) is 0. The number of para-hydroxylation sites is 1. The normalized spacial score (nSPS) is 12.1. The van der Waals surface area contributed by atoms with Crippen molar-refractivity contribution >= 4 is 32.8 Å². The molecule has 0 bridgehead atoms. The van der Waals surface area contributed by atoms with Crippen LogP contribution in [0.2, 0.25) is 0 Å². The first-order chi connectivity index (χ1) is 11.5. The minimum absolute atomic E-state index is 0.0112. The minimum atomic E-state index is -0.168. The number of benzene rings is 2. The number of amides is 1. The molecule has 24 heavy (non-hydrogen) atoms. The maximum Gasteiger partial charge on any atom is 0.260 e. The Morgan fingerprint density at radius 3 is 2.62 bits per heavy atom. The summed E-state index contributed by atoms with van der Waals surface area (Å²) in [5.41, 5.74) is 0.825. The molecule has 0 radical (unpaired) electrons. The Bertz CT molecular complexity index is 808. The average Bonchev–Trinajstić information content (AvgIpc) is 3.03. The first kappa shape index (κ1) is 16.6. The number of carbonyl (C=O) groups is 1. The van der Waals surface area contributed by atoms with Crippen molar-refractivity contribution < 1.29 is 13.9 Å². The van der Waals surface area contributed by atoms with E-state index in [1.165, 1.54) is 0 Å². The molecular weight excluding hydrogens is 370 g/mol. The molecule has 0 fully saturated rings. The summed E-state index contributed by atoms with van der Waals surface area (Å²) in [6.45, 7) is 1.93. The number of furan rings is 1. The second kappa shape index (κ2) is 7.09. The van der Waals surface area contributed by atoms with Crippen LogP contribution < -0.4 is 4.74 Å². The van der Waals surface area contributed by atoms with E-state index in [0.29, 0.717) is 5.75 Å². The van der Waals surface area contributed by atoms with Gasteiger partial charge in [0.1, 0.15) is 17.1 Å². The monoisotopic (exact) mass is 387 g/mol. The van der Waals surface area contributed by atoms with Crippen LogP contribution in [0, 0.1) is 0 Å². The van der Waals surface area contributed by atoms with E-state index in [-0.39, 0.29) is 18.6 Å². The van der Waals surface area contributed by atoms with E-state index in [1.807, 2.05) is 61.5 Å². The Morgan fingerprint density at radius 2 is 1.92 bits per heavy atom. The van der Waals surface area contributed by atoms with Crippen LogP contribution in [-0.2, 0) is 4.79 Å². The summed E-state index contributed by atoms with van der Waals surface area (Å²) >= 11 is 3.37. The fraction of sp³-hybridized carbons (Fsp3) is 0.211. The van der Waals surface area contributed by atoms with Crippen molar-refractivity contribution in [1.82, 2.24) is 4.90 Å². The van der Waals surface area contributed by atoms with Crippen LogP contribution in [0.4, 0.5) is 0 Å². The predicted molar refractivity (Wildman–Crippen MR) is 97.0 cm³/mol. The zero-order valence-electron chi connectivity index (χ0n) is 13.5. The summed E-state index contributed by atoms with van der Waals surface area (Å²) in [4.78, 5) is 14.0. The van der Waals surface area contributed by atoms with Crippen molar-refractivity contribution in [2.75, 3.05) is 13.7 Å². The number of halogens is 1. The van der Waals surface area contributed by atoms with Gasteiger partial charge < -0.3 is 14.1 Å². The molecule has 124 valence electrons. The third kappa shape index (κ3) is 3.62. The summed E-state index contributed by atoms with van der Waals surface area (Å²) in [6, 6.07) is 17.0. The number of likely N-dealkylation sites (N-methyl/N-ethyl adjacent to an activating group) is 1. The molecule has 0 saturated heterocycles. The van der Waals surface area contributed by atoms with E-state index in [4.69, 9.17) is 9.15 Å². The summed E-state index contributed by atoms with van der Waals surface area (Å²) in [5, 5.41) is 1.03. The highest BCUT2D eigenvalue weighted by atomic mass is 79.9. The summed E-state index contributed by atoms with van der Waals surface area (Å²) in [7, 11) is 1.76. The fourth-order valence-electron chi connectivity index (χ4n) is 2.39. The van der Waals surface area contributed by atoms with Gasteiger partial charge in [0.15, 0.2) is 6.61 Å². The van der Waals surface area contributed by atoms with Crippen molar-refractivity contribution in [2.24, 2.45) is 0 Å². The molecule has 1 aromatic heterocycles. The van der Waals surface area contributed by atoms with Crippen LogP contribution in [0.25, 0.3) is 11.0 Å². The molecule has 0 saturated carbocycles. The third-order valence-electron chi connectivity index (χ3n) is 4.01. The van der Waals surface area contributed by atoms with E-state index >= 15 is 0 Å². The van der Waals surface area contributed by atoms with Gasteiger partial charge in [0.05, 0.1) is 6.04 Å². The molecular formula is C19H18BrNO3. The molecule has 0 aliphatic carbocycles. The van der Waals surface area contributed by atoms with Crippen LogP contribution in [0.5, 0.6) is 5.75 Å². The molecule has 0 N–H and O–H groups in total. The lowest BCUT2D eigenvalue weighted by atomic mass is 10.2. The molecule has 1 unspecified atom stereocenters. The maximum absolute atomic E-state index is 12.4. The number of carbonyl (C=O) groups excluding carboxylic acids is 1. The molecule has 0 spiro atoms. The van der Waals surface area contributed by atoms with Gasteiger partial charge in [0, 0.05) is 16.9 Å². The van der Waals surface area contributed by atoms with Crippen LogP contribution in [0.15, 0.2) is 63.5 Å². The van der Waals surface area contributed by atoms with Crippen molar-refractivity contribution in [3.63, 3.8) is 0 Å². The fourth-order valence-corrected chi connectivity index (χ4v) is 2.66. The van der Waals surface area contributed by atoms with Crippen molar-refractivity contribution in [3.8, 4) is 5.75 Å². The molecule has 3 aromatic rings. The van der Waals surface area contributed by atoms with E-state index in [2.05, 4.69) is 15.9 Å². The number of rotatable bonds is 5. The quantitative estimate of drug-likeness (QED) is 0.631. The minimum Gasteiger partial charge on any atom is -0.484 e. The number of nitrogens with zero attached hydrogens (tertiary/aromatic N) is 1. The smallest absolute Gasteiger partial charge is 0.260 e. The highest BCUT2D eigenvalue weighted by molar-refractivity contribution is 9.10. The van der Waals surface area contributed by atoms with Gasteiger partial charge in [0.25, 0.3) is 5.91 Å². The van der Waals surface area contributed by atoms with Gasteiger partial charge >= 0.3 is 0 Å². The highest BCUT2D eigenvalue weighted by Gasteiger charge is 2.21. The first-order valence-corrected chi connectivity index (χ1v) is 8.46. The number of hydrogen-bond acceptors (Lipinski definition) is 3. The van der Waals surface area contributed by atoms with E-state index in [0.717, 1.165) is 21.2 Å². The Hall–Kier alpha value is -2.27. The molecule has 5 heteroatoms. The van der Waals surface area contributed by atoms with Gasteiger partial charge in [0.2, 0.25) is 0 Å². The van der Waals surface area contributed by atoms with E-state index in [1.54, 1.807) is 11.9 Å². The largest absolute Gasteiger partial charge is 0.484 e. The molecule has 1 amide bonds. The molecule has 1 atom stereocenters. The summed E-state index contributed by atoms with van der Waals surface area (Å²) in [5.74, 6) is 1.32. The van der Waals surface area contributed by atoms with Gasteiger partial charge in [-0.15, -0.1) is 0 Å². The first-order valence-electron chi connectivity index (χ1n) is 7.67. The van der Waals surface area contributed by atoms with Gasteiger partial charge in [-0.2, -0.15) is 0 Å². The van der Waals surface area contributed by atoms with Crippen LogP contribution in [0.3, 0.4) is 0 Å². The zero-order chi connectivity index (χ0) is 17.1. The van der Waals surface area contributed by atoms with Crippen molar-refractivity contribution in [1.29, 1.82) is 0 Å². The Labute approximate surface area is 149 Å². The molecule has 2 aromatic carbocycles. The van der Waals surface area contributed by atoms with E-state index in [9.17, 15) is 4.79 Å². The van der Waals surface area contributed by atoms with Gasteiger partial charge in [-0.3, -0.25) is 4.79 Å². The van der Waals surface area contributed by atoms with Crippen LogP contribution >= 0.6 is 15.9 Å². The molecule has 3 rings (SSSR count).